The molecule has 0 bridgehead atoms. The summed E-state index contributed by atoms with van der Waals surface area (Å²) < 4.78 is 0. The van der Waals surface area contributed by atoms with Crippen LogP contribution in [0.2, 0.25) is 0 Å². The molecule has 2 heteroatoms. The van der Waals surface area contributed by atoms with E-state index in [-0.39, 0.29) is 39.2 Å². The van der Waals surface area contributed by atoms with Crippen molar-refractivity contribution in [3.8, 4) is 0 Å². The third kappa shape index (κ3) is 7.88. The monoisotopic (exact) mass is 441 g/mol. The van der Waals surface area contributed by atoms with E-state index in [2.05, 4.69) is 25.7 Å². The maximum atomic E-state index is 6.94. The Morgan fingerprint density at radius 2 is 1.04 bits per heavy atom. The van der Waals surface area contributed by atoms with Gasteiger partial charge in [-0.3, -0.25) is 0 Å². The summed E-state index contributed by atoms with van der Waals surface area (Å²) in [5, 5.41) is 0. The van der Waals surface area contributed by atoms with Crippen molar-refractivity contribution in [3.63, 3.8) is 0 Å². The largest absolute Gasteiger partial charge is 4.00 e. The Hall–Kier alpha value is 0.843. The summed E-state index contributed by atoms with van der Waals surface area (Å²) >= 11 is 0. The van der Waals surface area contributed by atoms with E-state index >= 15 is 0 Å². The van der Waals surface area contributed by atoms with E-state index in [9.17, 15) is 0 Å². The molecule has 0 spiro atoms. The minimum atomic E-state index is -0.250. The van der Waals surface area contributed by atoms with Crippen molar-refractivity contribution in [3.05, 3.63) is 74.4 Å². The van der Waals surface area contributed by atoms with Crippen LogP contribution in [0, 0.1) is 68.6 Å². The maximum Gasteiger partial charge on any atom is 4.00 e. The van der Waals surface area contributed by atoms with Crippen molar-refractivity contribution in [1.82, 2.24) is 0 Å². The van der Waals surface area contributed by atoms with Gasteiger partial charge in [0, 0.05) is 0 Å². The number of nitrogens with one attached hydrogen (secondary N) is 1. The third-order valence-electron chi connectivity index (χ3n) is 5.43. The van der Waals surface area contributed by atoms with E-state index < -0.39 is 0 Å². The summed E-state index contributed by atoms with van der Waals surface area (Å²) in [6, 6.07) is 0. The minimum Gasteiger partial charge on any atom is -0.673 e. The van der Waals surface area contributed by atoms with Gasteiger partial charge in [0.15, 0.2) is 0 Å². The SMILES string of the molecule is CC(C)(C)[NH-].[CH3-].[CH]1[CH][C](CC[C]2[CH][CH][C]3CCCC[C]32)[C]2CCCC[C]12.[Zr+4]. The van der Waals surface area contributed by atoms with Crippen molar-refractivity contribution in [2.24, 2.45) is 0 Å². The fraction of sp³-hybridized carbons (Fsp3) is 0.560. The van der Waals surface area contributed by atoms with Gasteiger partial charge in [0.1, 0.15) is 0 Å². The molecule has 1 N–H and O–H groups in total. The predicted molar refractivity (Wildman–Crippen MR) is 113 cm³/mol. The summed E-state index contributed by atoms with van der Waals surface area (Å²) in [6.07, 6.45) is 23.0. The molecule has 4 aliphatic rings. The standard InChI is InChI=1S/C20H24.C4H10N.CH3.Zr/c1-3-7-19-15(5-1)9-11-17(19)13-14-18-12-10-16-6-2-4-8-20(16)18;1-4(2,3)5;;/h9-12H,1-8,13-14H2;5H,1-3H3;1H3;/q;2*-1;+4. The Balaban J connectivity index is 0.000000468. The first-order valence-corrected chi connectivity index (χ1v) is 10.2. The summed E-state index contributed by atoms with van der Waals surface area (Å²) in [5.41, 5.74) is 6.69. The number of hydrogen-bond acceptors (Lipinski definition) is 0. The first-order chi connectivity index (χ1) is 11.9. The van der Waals surface area contributed by atoms with Crippen molar-refractivity contribution in [2.45, 2.75) is 90.5 Å². The van der Waals surface area contributed by atoms with Gasteiger partial charge in [0.2, 0.25) is 0 Å². The average molecular weight is 443 g/mol. The van der Waals surface area contributed by atoms with Crippen LogP contribution in [0.3, 0.4) is 0 Å². The number of hydrogen-bond donors (Lipinski definition) is 0. The Kier molecular flexibility index (Phi) is 11.4. The third-order valence-corrected chi connectivity index (χ3v) is 5.43. The van der Waals surface area contributed by atoms with Crippen LogP contribution in [0.4, 0.5) is 0 Å². The van der Waals surface area contributed by atoms with Gasteiger partial charge in [0.05, 0.1) is 0 Å². The zero-order valence-corrected chi connectivity index (χ0v) is 20.3. The molecule has 0 aromatic carbocycles. The second-order valence-corrected chi connectivity index (χ2v) is 8.89. The first-order valence-electron chi connectivity index (χ1n) is 10.2. The molecule has 0 saturated heterocycles. The summed E-state index contributed by atoms with van der Waals surface area (Å²) in [4.78, 5) is 0. The van der Waals surface area contributed by atoms with Crippen LogP contribution in [0.25, 0.3) is 5.73 Å². The van der Waals surface area contributed by atoms with E-state index in [1.165, 1.54) is 64.2 Å². The van der Waals surface area contributed by atoms with E-state index in [4.69, 9.17) is 5.73 Å². The molecule has 0 aromatic rings. The van der Waals surface area contributed by atoms with Crippen molar-refractivity contribution in [2.75, 3.05) is 0 Å². The van der Waals surface area contributed by atoms with Gasteiger partial charge < -0.3 is 13.2 Å². The number of fused-ring (bicyclic) bond motifs is 2. The van der Waals surface area contributed by atoms with Gasteiger partial charge in [-0.25, -0.2) is 0 Å². The topological polar surface area (TPSA) is 23.8 Å². The van der Waals surface area contributed by atoms with Crippen LogP contribution in [0.5, 0.6) is 0 Å². The van der Waals surface area contributed by atoms with Crippen LogP contribution >= 0.6 is 0 Å². The van der Waals surface area contributed by atoms with Crippen LogP contribution in [-0.2, 0) is 26.2 Å². The van der Waals surface area contributed by atoms with Crippen molar-refractivity contribution in [1.29, 1.82) is 0 Å². The molecule has 10 radical (unpaired) electrons. The summed E-state index contributed by atoms with van der Waals surface area (Å²) in [5.74, 6) is 10.00. The molecular weight excluding hydrogens is 406 g/mol. The van der Waals surface area contributed by atoms with E-state index in [1.54, 1.807) is 35.5 Å². The van der Waals surface area contributed by atoms with Gasteiger partial charge in [-0.1, -0.05) is 46.5 Å². The second kappa shape index (κ2) is 11.9. The van der Waals surface area contributed by atoms with Crippen molar-refractivity contribution < 1.29 is 26.2 Å². The summed E-state index contributed by atoms with van der Waals surface area (Å²) in [6.45, 7) is 5.56. The Morgan fingerprint density at radius 3 is 1.41 bits per heavy atom. The molecule has 4 saturated carbocycles. The Morgan fingerprint density at radius 1 is 0.704 bits per heavy atom. The van der Waals surface area contributed by atoms with Crippen LogP contribution in [0.1, 0.15) is 85.0 Å². The molecule has 0 aliphatic heterocycles. The zero-order chi connectivity index (χ0) is 17.9. The first kappa shape index (κ1) is 25.9. The zero-order valence-electron chi connectivity index (χ0n) is 17.9. The van der Waals surface area contributed by atoms with Gasteiger partial charge in [-0.15, -0.1) is 5.54 Å². The normalized spacial score (nSPS) is 25.8. The number of rotatable bonds is 3. The van der Waals surface area contributed by atoms with E-state index in [0.29, 0.717) is 0 Å². The summed E-state index contributed by atoms with van der Waals surface area (Å²) in [7, 11) is 0. The molecule has 4 rings (SSSR count). The van der Waals surface area contributed by atoms with Crippen LogP contribution in [0.15, 0.2) is 0 Å². The molecule has 4 aliphatic carbocycles. The average Bonchev–Trinajstić information content (AvgIpc) is 3.15. The molecule has 0 aromatic heterocycles. The molecule has 27 heavy (non-hydrogen) atoms. The fourth-order valence-corrected chi connectivity index (χ4v) is 4.30. The van der Waals surface area contributed by atoms with Gasteiger partial charge in [0.25, 0.3) is 0 Å². The Labute approximate surface area is 190 Å². The van der Waals surface area contributed by atoms with Crippen molar-refractivity contribution >= 4 is 0 Å². The minimum absolute atomic E-state index is 0. The molecule has 4 fully saturated rings. The van der Waals surface area contributed by atoms with Gasteiger partial charge in [-0.2, -0.15) is 0 Å². The quantitative estimate of drug-likeness (QED) is 0.404. The van der Waals surface area contributed by atoms with Crippen LogP contribution < -0.4 is 0 Å². The van der Waals surface area contributed by atoms with Gasteiger partial charge >= 0.3 is 26.2 Å². The molecule has 0 atom stereocenters. The smallest absolute Gasteiger partial charge is 0.673 e. The Bertz CT molecular complexity index is 364. The molecule has 0 amide bonds. The molecule has 0 unspecified atom stereocenters. The van der Waals surface area contributed by atoms with E-state index in [0.717, 1.165) is 0 Å². The molecule has 0 heterocycles. The molecule has 1 nitrogen and oxygen atoms in total. The van der Waals surface area contributed by atoms with E-state index in [1.807, 2.05) is 20.8 Å². The second-order valence-electron chi connectivity index (χ2n) is 8.89. The van der Waals surface area contributed by atoms with Crippen LogP contribution in [-0.4, -0.2) is 5.54 Å². The molecule has 144 valence electrons. The predicted octanol–water partition coefficient (Wildman–Crippen LogP) is 7.49. The van der Waals surface area contributed by atoms with Gasteiger partial charge in [-0.05, 0) is 99.7 Å². The maximum absolute atomic E-state index is 6.94. The molecular formula is C25H37NZr+2. The fourth-order valence-electron chi connectivity index (χ4n) is 4.30.